The molecule has 124 valence electrons. The van der Waals surface area contributed by atoms with E-state index in [2.05, 4.69) is 15.5 Å². The molecule has 23 heavy (non-hydrogen) atoms. The minimum absolute atomic E-state index is 0.00651. The van der Waals surface area contributed by atoms with Crippen molar-refractivity contribution in [3.8, 4) is 0 Å². The third-order valence-electron chi connectivity index (χ3n) is 3.61. The normalized spacial score (nSPS) is 12.1. The first-order valence-corrected chi connectivity index (χ1v) is 7.86. The monoisotopic (exact) mass is 337 g/mol. The summed E-state index contributed by atoms with van der Waals surface area (Å²) in [5.74, 6) is -0.157. The van der Waals surface area contributed by atoms with Gasteiger partial charge < -0.3 is 14.9 Å². The number of aliphatic hydroxyl groups is 1. The molecule has 1 atom stereocenters. The van der Waals surface area contributed by atoms with Crippen molar-refractivity contribution >= 4 is 17.5 Å². The number of carbonyl (C=O) groups excluding carboxylic acids is 1. The van der Waals surface area contributed by atoms with Gasteiger partial charge in [-0.05, 0) is 43.5 Å². The third-order valence-corrected chi connectivity index (χ3v) is 3.91. The molecule has 0 aliphatic carbocycles. The lowest BCUT2D eigenvalue weighted by molar-refractivity contribution is -0.121. The molecule has 2 aromatic heterocycles. The number of hydrogen-bond acceptors (Lipinski definition) is 5. The molecular formula is C16H20ClN3O3. The van der Waals surface area contributed by atoms with Gasteiger partial charge in [-0.25, -0.2) is 0 Å². The van der Waals surface area contributed by atoms with E-state index in [0.717, 1.165) is 11.3 Å². The van der Waals surface area contributed by atoms with E-state index in [9.17, 15) is 9.90 Å². The quantitative estimate of drug-likeness (QED) is 0.768. The lowest BCUT2D eigenvalue weighted by Crippen LogP contribution is -2.32. The molecule has 7 heteroatoms. The van der Waals surface area contributed by atoms with E-state index in [-0.39, 0.29) is 23.7 Å². The summed E-state index contributed by atoms with van der Waals surface area (Å²) in [6.45, 7) is 2.19. The first kappa shape index (κ1) is 17.4. The molecule has 0 aliphatic rings. The van der Waals surface area contributed by atoms with Gasteiger partial charge in [-0.1, -0.05) is 11.2 Å². The smallest absolute Gasteiger partial charge is 0.229 e. The van der Waals surface area contributed by atoms with Crippen LogP contribution in [0.15, 0.2) is 28.9 Å². The zero-order valence-corrected chi connectivity index (χ0v) is 13.7. The van der Waals surface area contributed by atoms with E-state index in [1.165, 1.54) is 0 Å². The van der Waals surface area contributed by atoms with Crippen molar-refractivity contribution in [2.75, 3.05) is 13.2 Å². The molecule has 0 bridgehead atoms. The second kappa shape index (κ2) is 8.64. The molecule has 2 N–H and O–H groups in total. The number of nitrogens with one attached hydrogen (secondary N) is 1. The van der Waals surface area contributed by atoms with Crippen molar-refractivity contribution in [2.45, 2.75) is 26.2 Å². The van der Waals surface area contributed by atoms with Gasteiger partial charge in [0.25, 0.3) is 0 Å². The fourth-order valence-corrected chi connectivity index (χ4v) is 2.51. The van der Waals surface area contributed by atoms with Gasteiger partial charge in [-0.3, -0.25) is 9.78 Å². The number of aliphatic hydroxyl groups excluding tert-OH is 1. The highest BCUT2D eigenvalue weighted by Crippen LogP contribution is 2.20. The number of pyridine rings is 1. The SMILES string of the molecule is Cc1noc(Cl)c1CCC(=O)NCC(CO)Cc1ccccn1. The first-order valence-electron chi connectivity index (χ1n) is 7.48. The van der Waals surface area contributed by atoms with E-state index < -0.39 is 0 Å². The number of aryl methyl sites for hydroxylation is 1. The zero-order valence-electron chi connectivity index (χ0n) is 13.0. The van der Waals surface area contributed by atoms with Crippen LogP contribution in [-0.2, 0) is 17.6 Å². The Balaban J connectivity index is 1.76. The Morgan fingerprint density at radius 3 is 2.91 bits per heavy atom. The summed E-state index contributed by atoms with van der Waals surface area (Å²) >= 11 is 5.87. The fourth-order valence-electron chi connectivity index (χ4n) is 2.24. The number of nitrogens with zero attached hydrogens (tertiary/aromatic N) is 2. The topological polar surface area (TPSA) is 88.2 Å². The minimum Gasteiger partial charge on any atom is -0.396 e. The Kier molecular flexibility index (Phi) is 6.55. The molecule has 0 saturated heterocycles. The molecule has 0 spiro atoms. The molecule has 0 saturated carbocycles. The summed E-state index contributed by atoms with van der Waals surface area (Å²) in [7, 11) is 0. The molecule has 1 unspecified atom stereocenters. The Morgan fingerprint density at radius 1 is 1.48 bits per heavy atom. The van der Waals surface area contributed by atoms with Gasteiger partial charge in [0.2, 0.25) is 11.1 Å². The van der Waals surface area contributed by atoms with Gasteiger partial charge in [0.1, 0.15) is 0 Å². The molecule has 2 aromatic rings. The predicted octanol–water partition coefficient (Wildman–Crippen LogP) is 1.93. The standard InChI is InChI=1S/C16H20ClN3O3/c1-11-14(16(17)23-20-11)5-6-15(22)19-9-12(10-21)8-13-4-2-3-7-18-13/h2-4,7,12,21H,5-6,8-10H2,1H3,(H,19,22). The summed E-state index contributed by atoms with van der Waals surface area (Å²) in [5, 5.41) is 16.3. The average molecular weight is 338 g/mol. The molecule has 2 rings (SSSR count). The van der Waals surface area contributed by atoms with Crippen LogP contribution in [0.25, 0.3) is 0 Å². The second-order valence-corrected chi connectivity index (χ2v) is 5.74. The molecule has 0 radical (unpaired) electrons. The first-order chi connectivity index (χ1) is 11.1. The van der Waals surface area contributed by atoms with E-state index in [4.69, 9.17) is 16.1 Å². The summed E-state index contributed by atoms with van der Waals surface area (Å²) in [5.41, 5.74) is 2.35. The second-order valence-electron chi connectivity index (χ2n) is 5.40. The molecule has 0 aliphatic heterocycles. The van der Waals surface area contributed by atoms with Gasteiger partial charge in [0.05, 0.1) is 5.69 Å². The maximum atomic E-state index is 11.9. The van der Waals surface area contributed by atoms with E-state index in [0.29, 0.717) is 31.5 Å². The van der Waals surface area contributed by atoms with Crippen LogP contribution in [0, 0.1) is 12.8 Å². The van der Waals surface area contributed by atoms with E-state index in [1.54, 1.807) is 13.1 Å². The molecule has 0 aromatic carbocycles. The van der Waals surface area contributed by atoms with Crippen molar-refractivity contribution in [1.82, 2.24) is 15.5 Å². The van der Waals surface area contributed by atoms with Crippen LogP contribution >= 0.6 is 11.6 Å². The van der Waals surface area contributed by atoms with Crippen LogP contribution in [-0.4, -0.2) is 34.3 Å². The summed E-state index contributed by atoms with van der Waals surface area (Å²) in [6.07, 6.45) is 3.11. The number of carbonyl (C=O) groups is 1. The molecule has 0 fully saturated rings. The zero-order chi connectivity index (χ0) is 16.7. The van der Waals surface area contributed by atoms with Crippen LogP contribution in [0.1, 0.15) is 23.4 Å². The average Bonchev–Trinajstić information content (AvgIpc) is 2.88. The Hall–Kier alpha value is -1.92. The maximum Gasteiger partial charge on any atom is 0.229 e. The van der Waals surface area contributed by atoms with Gasteiger partial charge >= 0.3 is 0 Å². The van der Waals surface area contributed by atoms with E-state index >= 15 is 0 Å². The van der Waals surface area contributed by atoms with Gasteiger partial charge in [0.15, 0.2) is 0 Å². The Bertz CT molecular complexity index is 611. The number of amides is 1. The van der Waals surface area contributed by atoms with Crippen molar-refractivity contribution in [3.05, 3.63) is 46.6 Å². The molecule has 2 heterocycles. The maximum absolute atomic E-state index is 11.9. The summed E-state index contributed by atoms with van der Waals surface area (Å²) in [4.78, 5) is 16.2. The number of aromatic nitrogens is 2. The van der Waals surface area contributed by atoms with Crippen molar-refractivity contribution < 1.29 is 14.4 Å². The van der Waals surface area contributed by atoms with Crippen LogP contribution < -0.4 is 5.32 Å². The Labute approximate surface area is 139 Å². The molecule has 6 nitrogen and oxygen atoms in total. The van der Waals surface area contributed by atoms with E-state index in [1.807, 2.05) is 18.2 Å². The highest BCUT2D eigenvalue weighted by molar-refractivity contribution is 6.29. The van der Waals surface area contributed by atoms with Crippen LogP contribution in [0.5, 0.6) is 0 Å². The van der Waals surface area contributed by atoms with Gasteiger partial charge in [-0.2, -0.15) is 0 Å². The minimum atomic E-state index is -0.0962. The highest BCUT2D eigenvalue weighted by Gasteiger charge is 2.14. The Morgan fingerprint density at radius 2 is 2.30 bits per heavy atom. The molecular weight excluding hydrogens is 318 g/mol. The van der Waals surface area contributed by atoms with Crippen molar-refractivity contribution in [1.29, 1.82) is 0 Å². The summed E-state index contributed by atoms with van der Waals surface area (Å²) in [6, 6.07) is 5.65. The lowest BCUT2D eigenvalue weighted by Gasteiger charge is -2.14. The number of rotatable bonds is 8. The number of halogens is 1. The number of hydrogen-bond donors (Lipinski definition) is 2. The fraction of sp³-hybridized carbons (Fsp3) is 0.438. The van der Waals surface area contributed by atoms with Gasteiger partial charge in [0, 0.05) is 42.9 Å². The van der Waals surface area contributed by atoms with Crippen molar-refractivity contribution in [3.63, 3.8) is 0 Å². The van der Waals surface area contributed by atoms with Crippen molar-refractivity contribution in [2.24, 2.45) is 5.92 Å². The van der Waals surface area contributed by atoms with Crippen LogP contribution in [0.4, 0.5) is 0 Å². The van der Waals surface area contributed by atoms with Crippen LogP contribution in [0.2, 0.25) is 5.22 Å². The van der Waals surface area contributed by atoms with Gasteiger partial charge in [-0.15, -0.1) is 0 Å². The summed E-state index contributed by atoms with van der Waals surface area (Å²) < 4.78 is 4.85. The lowest BCUT2D eigenvalue weighted by atomic mass is 10.0. The largest absolute Gasteiger partial charge is 0.396 e. The van der Waals surface area contributed by atoms with Crippen LogP contribution in [0.3, 0.4) is 0 Å². The highest BCUT2D eigenvalue weighted by atomic mass is 35.5. The molecule has 1 amide bonds. The predicted molar refractivity (Wildman–Crippen MR) is 86.1 cm³/mol. The third kappa shape index (κ3) is 5.33.